The van der Waals surface area contributed by atoms with Gasteiger partial charge >= 0.3 is 0 Å². The Morgan fingerprint density at radius 2 is 1.93 bits per heavy atom. The molecule has 0 aliphatic rings. The first-order valence-corrected chi connectivity index (χ1v) is 5.11. The van der Waals surface area contributed by atoms with Crippen LogP contribution in [0.5, 0.6) is 0 Å². The lowest BCUT2D eigenvalue weighted by Gasteiger charge is -2.01. The normalized spacial score (nSPS) is 10.1. The average Bonchev–Trinajstić information content (AvgIpc) is 2.23. The third-order valence-corrected chi connectivity index (χ3v) is 2.79. The predicted molar refractivity (Wildman–Crippen MR) is 59.9 cm³/mol. The van der Waals surface area contributed by atoms with Gasteiger partial charge in [-0.05, 0) is 47.1 Å². The molecule has 0 N–H and O–H groups in total. The van der Waals surface area contributed by atoms with Crippen molar-refractivity contribution in [2.75, 3.05) is 0 Å². The summed E-state index contributed by atoms with van der Waals surface area (Å²) in [5.41, 5.74) is 2.79. The minimum Gasteiger partial charge on any atom is -0.255 e. The van der Waals surface area contributed by atoms with Crippen LogP contribution in [0.15, 0.2) is 41.0 Å². The number of hydrogen-bond donors (Lipinski definition) is 0. The lowest BCUT2D eigenvalue weighted by molar-refractivity contribution is 1.16. The molecule has 0 amide bonds. The lowest BCUT2D eigenvalue weighted by Crippen LogP contribution is -1.89. The van der Waals surface area contributed by atoms with E-state index in [9.17, 15) is 0 Å². The number of rotatable bonds is 1. The van der Waals surface area contributed by atoms with Crippen LogP contribution in [0.25, 0.3) is 11.4 Å². The molecule has 70 valence electrons. The van der Waals surface area contributed by atoms with E-state index in [2.05, 4.69) is 25.9 Å². The molecule has 0 bridgehead atoms. The van der Waals surface area contributed by atoms with Gasteiger partial charge in [-0.2, -0.15) is 0 Å². The first kappa shape index (κ1) is 9.34. The molecule has 0 aliphatic carbocycles. The molecule has 0 unspecified atom stereocenters. The van der Waals surface area contributed by atoms with Gasteiger partial charge < -0.3 is 0 Å². The van der Waals surface area contributed by atoms with E-state index < -0.39 is 0 Å². The SMILES string of the molecule is Cc1nc(-c2ccccn2)ccc1Br. The van der Waals surface area contributed by atoms with Crippen molar-refractivity contribution in [1.29, 1.82) is 0 Å². The second-order valence-electron chi connectivity index (χ2n) is 2.98. The third-order valence-electron chi connectivity index (χ3n) is 1.95. The maximum atomic E-state index is 4.43. The average molecular weight is 249 g/mol. The summed E-state index contributed by atoms with van der Waals surface area (Å²) in [4.78, 5) is 8.68. The minimum atomic E-state index is 0.906. The number of nitrogens with zero attached hydrogens (tertiary/aromatic N) is 2. The molecule has 0 saturated heterocycles. The van der Waals surface area contributed by atoms with E-state index in [0.717, 1.165) is 21.6 Å². The first-order chi connectivity index (χ1) is 6.77. The Balaban J connectivity index is 2.48. The Kier molecular flexibility index (Phi) is 2.59. The van der Waals surface area contributed by atoms with E-state index in [4.69, 9.17) is 0 Å². The van der Waals surface area contributed by atoms with Crippen molar-refractivity contribution in [2.45, 2.75) is 6.92 Å². The van der Waals surface area contributed by atoms with Gasteiger partial charge in [0.15, 0.2) is 0 Å². The summed E-state index contributed by atoms with van der Waals surface area (Å²) in [6.45, 7) is 1.97. The van der Waals surface area contributed by atoms with Crippen LogP contribution in [-0.4, -0.2) is 9.97 Å². The molecular weight excluding hydrogens is 240 g/mol. The van der Waals surface area contributed by atoms with Crippen LogP contribution in [0.3, 0.4) is 0 Å². The minimum absolute atomic E-state index is 0.906. The molecule has 0 spiro atoms. The van der Waals surface area contributed by atoms with E-state index in [1.165, 1.54) is 0 Å². The zero-order valence-corrected chi connectivity index (χ0v) is 9.32. The van der Waals surface area contributed by atoms with Crippen molar-refractivity contribution in [3.05, 3.63) is 46.7 Å². The molecule has 2 nitrogen and oxygen atoms in total. The highest BCUT2D eigenvalue weighted by Gasteiger charge is 2.01. The van der Waals surface area contributed by atoms with Gasteiger partial charge in [-0.15, -0.1) is 0 Å². The van der Waals surface area contributed by atoms with Gasteiger partial charge in [0.05, 0.1) is 17.1 Å². The summed E-state index contributed by atoms with van der Waals surface area (Å²) in [6.07, 6.45) is 1.77. The maximum Gasteiger partial charge on any atom is 0.0890 e. The Morgan fingerprint density at radius 3 is 2.57 bits per heavy atom. The smallest absolute Gasteiger partial charge is 0.0890 e. The second-order valence-corrected chi connectivity index (χ2v) is 3.83. The zero-order chi connectivity index (χ0) is 9.97. The molecule has 2 aromatic rings. The number of hydrogen-bond acceptors (Lipinski definition) is 2. The highest BCUT2D eigenvalue weighted by Crippen LogP contribution is 2.19. The van der Waals surface area contributed by atoms with Crippen molar-refractivity contribution >= 4 is 15.9 Å². The first-order valence-electron chi connectivity index (χ1n) is 4.32. The Morgan fingerprint density at radius 1 is 1.07 bits per heavy atom. The molecule has 0 aliphatic heterocycles. The van der Waals surface area contributed by atoms with Gasteiger partial charge in [0.25, 0.3) is 0 Å². The molecule has 2 heterocycles. The monoisotopic (exact) mass is 248 g/mol. The quantitative estimate of drug-likeness (QED) is 0.775. The summed E-state index contributed by atoms with van der Waals surface area (Å²) in [5, 5.41) is 0. The van der Waals surface area contributed by atoms with Crippen molar-refractivity contribution in [3.8, 4) is 11.4 Å². The zero-order valence-electron chi connectivity index (χ0n) is 7.74. The molecule has 3 heteroatoms. The molecule has 2 rings (SSSR count). The van der Waals surface area contributed by atoms with Crippen LogP contribution >= 0.6 is 15.9 Å². The van der Waals surface area contributed by atoms with Crippen LogP contribution in [-0.2, 0) is 0 Å². The lowest BCUT2D eigenvalue weighted by atomic mass is 10.2. The highest BCUT2D eigenvalue weighted by molar-refractivity contribution is 9.10. The molecule has 0 fully saturated rings. The largest absolute Gasteiger partial charge is 0.255 e. The summed E-state index contributed by atoms with van der Waals surface area (Å²) >= 11 is 3.42. The fourth-order valence-electron chi connectivity index (χ4n) is 1.20. The molecular formula is C11H9BrN2. The number of halogens is 1. The molecule has 0 atom stereocenters. The summed E-state index contributed by atoms with van der Waals surface area (Å²) < 4.78 is 1.03. The molecule has 0 saturated carbocycles. The summed E-state index contributed by atoms with van der Waals surface area (Å²) in [5.74, 6) is 0. The van der Waals surface area contributed by atoms with E-state index in [0.29, 0.717) is 0 Å². The van der Waals surface area contributed by atoms with Gasteiger partial charge in [0.2, 0.25) is 0 Å². The Hall–Kier alpha value is -1.22. The number of pyridine rings is 2. The fraction of sp³-hybridized carbons (Fsp3) is 0.0909. The molecule has 0 aromatic carbocycles. The van der Waals surface area contributed by atoms with Gasteiger partial charge in [-0.25, -0.2) is 0 Å². The maximum absolute atomic E-state index is 4.43. The summed E-state index contributed by atoms with van der Waals surface area (Å²) in [6, 6.07) is 9.76. The predicted octanol–water partition coefficient (Wildman–Crippen LogP) is 3.21. The van der Waals surface area contributed by atoms with E-state index in [-0.39, 0.29) is 0 Å². The van der Waals surface area contributed by atoms with Crippen LogP contribution in [0.2, 0.25) is 0 Å². The molecule has 2 aromatic heterocycles. The Labute approximate surface area is 91.2 Å². The van der Waals surface area contributed by atoms with E-state index in [1.54, 1.807) is 6.20 Å². The van der Waals surface area contributed by atoms with Crippen molar-refractivity contribution in [2.24, 2.45) is 0 Å². The standard InChI is InChI=1S/C11H9BrN2/c1-8-9(12)5-6-11(14-8)10-4-2-3-7-13-10/h2-7H,1H3. The Bertz CT molecular complexity index is 440. The van der Waals surface area contributed by atoms with Gasteiger partial charge in [0, 0.05) is 10.7 Å². The van der Waals surface area contributed by atoms with Gasteiger partial charge in [-0.3, -0.25) is 9.97 Å². The molecule has 14 heavy (non-hydrogen) atoms. The summed E-state index contributed by atoms with van der Waals surface area (Å²) in [7, 11) is 0. The second kappa shape index (κ2) is 3.88. The van der Waals surface area contributed by atoms with Crippen LogP contribution in [0.1, 0.15) is 5.69 Å². The van der Waals surface area contributed by atoms with Crippen molar-refractivity contribution in [1.82, 2.24) is 9.97 Å². The van der Waals surface area contributed by atoms with E-state index >= 15 is 0 Å². The highest BCUT2D eigenvalue weighted by atomic mass is 79.9. The van der Waals surface area contributed by atoms with Crippen LogP contribution in [0, 0.1) is 6.92 Å². The third kappa shape index (κ3) is 1.82. The van der Waals surface area contributed by atoms with Crippen molar-refractivity contribution in [3.63, 3.8) is 0 Å². The number of aryl methyl sites for hydroxylation is 1. The van der Waals surface area contributed by atoms with Crippen molar-refractivity contribution < 1.29 is 0 Å². The number of aromatic nitrogens is 2. The van der Waals surface area contributed by atoms with Gasteiger partial charge in [0.1, 0.15) is 0 Å². The van der Waals surface area contributed by atoms with Crippen LogP contribution in [0.4, 0.5) is 0 Å². The van der Waals surface area contributed by atoms with Crippen LogP contribution < -0.4 is 0 Å². The van der Waals surface area contributed by atoms with E-state index in [1.807, 2.05) is 37.3 Å². The fourth-order valence-corrected chi connectivity index (χ4v) is 1.42. The molecule has 0 radical (unpaired) electrons. The van der Waals surface area contributed by atoms with Gasteiger partial charge in [-0.1, -0.05) is 6.07 Å². The topological polar surface area (TPSA) is 25.8 Å².